The van der Waals surface area contributed by atoms with E-state index < -0.39 is 24.0 Å². The van der Waals surface area contributed by atoms with E-state index in [-0.39, 0.29) is 51.8 Å². The number of hydrogen-bond donors (Lipinski definition) is 2. The molecule has 1 heterocycles. The van der Waals surface area contributed by atoms with Gasteiger partial charge in [0, 0.05) is 25.7 Å². The first-order chi connectivity index (χ1) is 11.0. The molecule has 2 atom stereocenters. The van der Waals surface area contributed by atoms with Gasteiger partial charge in [-0.05, 0) is 20.1 Å². The van der Waals surface area contributed by atoms with Crippen molar-refractivity contribution in [3.8, 4) is 0 Å². The minimum absolute atomic E-state index is 0. The van der Waals surface area contributed by atoms with E-state index in [2.05, 4.69) is 13.3 Å². The molecule has 0 aliphatic carbocycles. The van der Waals surface area contributed by atoms with Crippen LogP contribution >= 0.6 is 0 Å². The summed E-state index contributed by atoms with van der Waals surface area (Å²) in [6.07, 6.45) is 0.907. The topological polar surface area (TPSA) is 156 Å². The highest BCUT2D eigenvalue weighted by Crippen LogP contribution is 2.17. The van der Waals surface area contributed by atoms with Crippen LogP contribution in [-0.2, 0) is 24.0 Å². The van der Waals surface area contributed by atoms with Crippen LogP contribution < -0.4 is 0 Å². The standard InChI is InChI=1S/C13H19NO5.CH3N.CH2O.2CH4.H2O/c1-3-4-11(10(16)6-5-9(2)15)19-14-12(17)7-8-13(14)18;2*1-2;;;/h3,9,11,15H,1,4-8H2,2H3;2H,1H2;1H2;2*1H4;1H2. The fraction of sp³-hybridized carbons (Fsp3) is 0.588. The van der Waals surface area contributed by atoms with Crippen molar-refractivity contribution < 1.29 is 34.6 Å². The van der Waals surface area contributed by atoms with Crippen molar-refractivity contribution in [1.29, 1.82) is 5.41 Å². The van der Waals surface area contributed by atoms with Crippen LogP contribution in [0.1, 0.15) is 53.9 Å². The van der Waals surface area contributed by atoms with Crippen LogP contribution in [0.2, 0.25) is 0 Å². The number of imide groups is 1. The molecule has 1 aliphatic rings. The molecule has 0 radical (unpaired) electrons. The third-order valence-corrected chi connectivity index (χ3v) is 2.79. The van der Waals surface area contributed by atoms with Crippen molar-refractivity contribution in [2.75, 3.05) is 0 Å². The summed E-state index contributed by atoms with van der Waals surface area (Å²) in [5.74, 6) is -1.11. The number of rotatable bonds is 8. The Morgan fingerprint density at radius 1 is 1.27 bits per heavy atom. The van der Waals surface area contributed by atoms with Crippen molar-refractivity contribution in [2.45, 2.75) is 66.1 Å². The molecular formula is C17H34N2O7. The highest BCUT2D eigenvalue weighted by atomic mass is 16.7. The van der Waals surface area contributed by atoms with Gasteiger partial charge in [0.25, 0.3) is 11.8 Å². The molecule has 1 saturated heterocycles. The smallest absolute Gasteiger partial charge is 0.254 e. The van der Waals surface area contributed by atoms with Gasteiger partial charge < -0.3 is 20.8 Å². The molecule has 1 fully saturated rings. The second-order valence-electron chi connectivity index (χ2n) is 4.55. The SMILES string of the molecule is C.C.C=CCC(ON1C(=O)CCC1=O)C(=O)CCC(C)O.C=N.C=O.O. The van der Waals surface area contributed by atoms with E-state index in [1.165, 1.54) is 6.08 Å². The molecule has 4 N–H and O–H groups in total. The fourth-order valence-corrected chi connectivity index (χ4v) is 1.70. The number of Topliss-reactive ketones (excluding diaryl/α,β-unsaturated/α-hetero) is 1. The molecule has 2 amide bonds. The van der Waals surface area contributed by atoms with Gasteiger partial charge in [0.1, 0.15) is 12.9 Å². The first kappa shape index (κ1) is 35.0. The van der Waals surface area contributed by atoms with Crippen LogP contribution in [0.5, 0.6) is 0 Å². The van der Waals surface area contributed by atoms with Crippen LogP contribution in [0.25, 0.3) is 0 Å². The van der Waals surface area contributed by atoms with Crippen molar-refractivity contribution in [2.24, 2.45) is 0 Å². The summed E-state index contributed by atoms with van der Waals surface area (Å²) in [5, 5.41) is 15.3. The predicted molar refractivity (Wildman–Crippen MR) is 101 cm³/mol. The van der Waals surface area contributed by atoms with E-state index in [1.807, 2.05) is 6.79 Å². The van der Waals surface area contributed by atoms with E-state index >= 15 is 0 Å². The zero-order chi connectivity index (χ0) is 18.4. The highest BCUT2D eigenvalue weighted by Gasteiger charge is 2.34. The Bertz CT molecular complexity index is 396. The number of nitrogens with one attached hydrogen (secondary N) is 1. The van der Waals surface area contributed by atoms with Crippen LogP contribution in [0, 0.1) is 5.41 Å². The zero-order valence-corrected chi connectivity index (χ0v) is 13.8. The molecule has 0 aromatic heterocycles. The number of hydrogen-bond acceptors (Lipinski definition) is 7. The highest BCUT2D eigenvalue weighted by molar-refractivity contribution is 6.00. The molecule has 9 nitrogen and oxygen atoms in total. The predicted octanol–water partition coefficient (Wildman–Crippen LogP) is 1.27. The first-order valence-corrected chi connectivity index (χ1v) is 6.94. The fourth-order valence-electron chi connectivity index (χ4n) is 1.70. The van der Waals surface area contributed by atoms with Crippen LogP contribution in [0.3, 0.4) is 0 Å². The van der Waals surface area contributed by atoms with E-state index in [4.69, 9.17) is 20.1 Å². The molecule has 0 bridgehead atoms. The van der Waals surface area contributed by atoms with Crippen molar-refractivity contribution >= 4 is 31.1 Å². The number of hydroxylamine groups is 2. The summed E-state index contributed by atoms with van der Waals surface area (Å²) in [6, 6.07) is 0. The van der Waals surface area contributed by atoms with Gasteiger partial charge in [-0.2, -0.15) is 5.06 Å². The Labute approximate surface area is 155 Å². The van der Waals surface area contributed by atoms with Gasteiger partial charge in [-0.3, -0.25) is 19.2 Å². The average molecular weight is 378 g/mol. The minimum atomic E-state index is -0.901. The Kier molecular flexibility index (Phi) is 28.0. The molecule has 0 spiro atoms. The number of amides is 2. The number of carbonyl (C=O) groups is 4. The number of aliphatic hydroxyl groups excluding tert-OH is 1. The van der Waals surface area contributed by atoms with E-state index in [1.54, 1.807) is 6.92 Å². The Morgan fingerprint density at radius 2 is 1.69 bits per heavy atom. The van der Waals surface area contributed by atoms with Crippen LogP contribution in [-0.4, -0.2) is 59.0 Å². The monoisotopic (exact) mass is 378 g/mol. The number of ketones is 1. The van der Waals surface area contributed by atoms with Gasteiger partial charge in [0.15, 0.2) is 5.78 Å². The zero-order valence-electron chi connectivity index (χ0n) is 13.8. The Morgan fingerprint density at radius 3 is 2.04 bits per heavy atom. The van der Waals surface area contributed by atoms with Crippen LogP contribution in [0.4, 0.5) is 0 Å². The van der Waals surface area contributed by atoms with Gasteiger partial charge >= 0.3 is 0 Å². The largest absolute Gasteiger partial charge is 0.412 e. The van der Waals surface area contributed by atoms with Gasteiger partial charge in [0.2, 0.25) is 0 Å². The van der Waals surface area contributed by atoms with Crippen LogP contribution in [0.15, 0.2) is 12.7 Å². The molecule has 0 aromatic carbocycles. The third-order valence-electron chi connectivity index (χ3n) is 2.79. The molecule has 26 heavy (non-hydrogen) atoms. The summed E-state index contributed by atoms with van der Waals surface area (Å²) in [7, 11) is 0. The quantitative estimate of drug-likeness (QED) is 0.368. The molecule has 154 valence electrons. The Balaban J connectivity index is -0.000000196. The van der Waals surface area contributed by atoms with Gasteiger partial charge in [0.05, 0.1) is 6.10 Å². The molecule has 2 unspecified atom stereocenters. The first-order valence-electron chi connectivity index (χ1n) is 6.94. The maximum atomic E-state index is 11.9. The van der Waals surface area contributed by atoms with Gasteiger partial charge in [-0.15, -0.1) is 6.58 Å². The van der Waals surface area contributed by atoms with Gasteiger partial charge in [-0.25, -0.2) is 0 Å². The van der Waals surface area contributed by atoms with Crippen molar-refractivity contribution in [3.05, 3.63) is 12.7 Å². The minimum Gasteiger partial charge on any atom is -0.412 e. The normalized spacial score (nSPS) is 13.8. The lowest BCUT2D eigenvalue weighted by Gasteiger charge is -2.20. The van der Waals surface area contributed by atoms with E-state index in [9.17, 15) is 14.4 Å². The maximum absolute atomic E-state index is 11.9. The number of nitrogens with zero attached hydrogens (tertiary/aromatic N) is 1. The molecule has 9 heteroatoms. The summed E-state index contributed by atoms with van der Waals surface area (Å²) in [4.78, 5) is 47.9. The second kappa shape index (κ2) is 20.8. The second-order valence-corrected chi connectivity index (χ2v) is 4.55. The summed E-state index contributed by atoms with van der Waals surface area (Å²) >= 11 is 0. The lowest BCUT2D eigenvalue weighted by atomic mass is 10.1. The molecule has 0 aromatic rings. The third kappa shape index (κ3) is 13.1. The van der Waals surface area contributed by atoms with E-state index in [0.717, 1.165) is 0 Å². The molecular weight excluding hydrogens is 344 g/mol. The van der Waals surface area contributed by atoms with E-state index in [0.29, 0.717) is 11.5 Å². The average Bonchev–Trinajstić information content (AvgIpc) is 2.87. The summed E-state index contributed by atoms with van der Waals surface area (Å²) < 4.78 is 0. The number of aliphatic hydroxyl groups is 1. The molecule has 1 aliphatic heterocycles. The molecule has 1 rings (SSSR count). The lowest BCUT2D eigenvalue weighted by Crippen LogP contribution is -2.37. The summed E-state index contributed by atoms with van der Waals surface area (Å²) in [5.41, 5.74) is 0. The van der Waals surface area contributed by atoms with Crippen molar-refractivity contribution in [1.82, 2.24) is 5.06 Å². The Hall–Kier alpha value is -2.23. The lowest BCUT2D eigenvalue weighted by molar-refractivity contribution is -0.202. The number of carbonyl (C=O) groups excluding carboxylic acids is 4. The summed E-state index contributed by atoms with van der Waals surface area (Å²) in [6.45, 7) is 9.61. The van der Waals surface area contributed by atoms with Crippen molar-refractivity contribution in [3.63, 3.8) is 0 Å². The van der Waals surface area contributed by atoms with Gasteiger partial charge in [-0.1, -0.05) is 20.9 Å². The maximum Gasteiger partial charge on any atom is 0.254 e. The molecule has 0 saturated carbocycles.